The number of hydrogen-bond donors (Lipinski definition) is 0. The Hall–Kier alpha value is -0.210. The van der Waals surface area contributed by atoms with E-state index >= 15 is 0 Å². The molecule has 0 nitrogen and oxygen atoms in total. The molecule has 0 aliphatic rings. The molecule has 0 bridgehead atoms. The molecule has 0 amide bonds. The summed E-state index contributed by atoms with van der Waals surface area (Å²) in [6.07, 6.45) is 2.08. The zero-order valence-corrected chi connectivity index (χ0v) is 9.41. The summed E-state index contributed by atoms with van der Waals surface area (Å²) < 4.78 is 0. The summed E-state index contributed by atoms with van der Waals surface area (Å²) in [5.41, 5.74) is 2.35. The summed E-state index contributed by atoms with van der Waals surface area (Å²) in [5, 5.41) is 0.838. The summed E-state index contributed by atoms with van der Waals surface area (Å²) >= 11 is 5.15. The van der Waals surface area contributed by atoms with Gasteiger partial charge in [-0.2, -0.15) is 0 Å². The van der Waals surface area contributed by atoms with Crippen molar-refractivity contribution in [3.8, 4) is 0 Å². The maximum Gasteiger partial charge on any atom is 0.0283 e. The number of rotatable bonds is 3. The largest absolute Gasteiger partial charge is 0.130 e. The molecule has 0 saturated carbocycles. The van der Waals surface area contributed by atoms with Crippen LogP contribution in [0, 0.1) is 0 Å². The molecule has 0 saturated heterocycles. The molecule has 0 fully saturated rings. The number of hydrogen-bond acceptors (Lipinski definition) is 1. The minimum atomic E-state index is 0.838. The van der Waals surface area contributed by atoms with Gasteiger partial charge in [0.25, 0.3) is 0 Å². The van der Waals surface area contributed by atoms with E-state index in [4.69, 9.17) is 0 Å². The molecule has 0 atom stereocenters. The Balaban J connectivity index is 2.93. The van der Waals surface area contributed by atoms with Crippen LogP contribution in [0.25, 0.3) is 5.57 Å². The van der Waals surface area contributed by atoms with Crippen LogP contribution in [0.2, 0.25) is 0 Å². The standard InChI is InChI=1S/C10H11BrS/c1-8(7-11)9-4-3-5-10(6-9)12-2/h3-6H,1,7H2,2H3. The Bertz CT molecular complexity index is 281. The van der Waals surface area contributed by atoms with Crippen molar-refractivity contribution >= 4 is 33.3 Å². The van der Waals surface area contributed by atoms with Crippen LogP contribution in [-0.4, -0.2) is 11.6 Å². The summed E-state index contributed by atoms with van der Waals surface area (Å²) in [6, 6.07) is 8.42. The fourth-order valence-corrected chi connectivity index (χ4v) is 1.70. The van der Waals surface area contributed by atoms with E-state index in [1.54, 1.807) is 11.8 Å². The Morgan fingerprint density at radius 2 is 2.33 bits per heavy atom. The van der Waals surface area contributed by atoms with Crippen LogP contribution >= 0.6 is 27.7 Å². The third-order valence-corrected chi connectivity index (χ3v) is 3.04. The van der Waals surface area contributed by atoms with Gasteiger partial charge in [-0.3, -0.25) is 0 Å². The Morgan fingerprint density at radius 3 is 2.92 bits per heavy atom. The summed E-state index contributed by atoms with van der Waals surface area (Å²) in [5.74, 6) is 0. The van der Waals surface area contributed by atoms with Crippen molar-refractivity contribution in [3.63, 3.8) is 0 Å². The molecule has 0 aromatic heterocycles. The summed E-state index contributed by atoms with van der Waals surface area (Å²) in [4.78, 5) is 1.29. The molecular formula is C10H11BrS. The van der Waals surface area contributed by atoms with Crippen molar-refractivity contribution in [2.45, 2.75) is 4.90 Å². The lowest BCUT2D eigenvalue weighted by Crippen LogP contribution is -1.83. The van der Waals surface area contributed by atoms with Crippen molar-refractivity contribution in [3.05, 3.63) is 36.4 Å². The van der Waals surface area contributed by atoms with Gasteiger partial charge < -0.3 is 0 Å². The molecule has 0 N–H and O–H groups in total. The van der Waals surface area contributed by atoms with Crippen LogP contribution < -0.4 is 0 Å². The van der Waals surface area contributed by atoms with E-state index in [1.165, 1.54) is 10.5 Å². The van der Waals surface area contributed by atoms with Gasteiger partial charge in [0, 0.05) is 10.2 Å². The van der Waals surface area contributed by atoms with Gasteiger partial charge in [-0.1, -0.05) is 34.6 Å². The van der Waals surface area contributed by atoms with Gasteiger partial charge in [0.15, 0.2) is 0 Å². The highest BCUT2D eigenvalue weighted by molar-refractivity contribution is 9.09. The molecule has 0 heterocycles. The lowest BCUT2D eigenvalue weighted by atomic mass is 10.1. The Labute approximate surface area is 86.2 Å². The van der Waals surface area contributed by atoms with Crippen LogP contribution in [0.3, 0.4) is 0 Å². The summed E-state index contributed by atoms with van der Waals surface area (Å²) in [6.45, 7) is 3.96. The van der Waals surface area contributed by atoms with Crippen LogP contribution in [-0.2, 0) is 0 Å². The highest BCUT2D eigenvalue weighted by Gasteiger charge is 1.97. The number of allylic oxidation sites excluding steroid dienone is 1. The second-order valence-corrected chi connectivity index (χ2v) is 3.91. The van der Waals surface area contributed by atoms with Crippen molar-refractivity contribution in [1.29, 1.82) is 0 Å². The average molecular weight is 243 g/mol. The maximum atomic E-state index is 3.96. The quantitative estimate of drug-likeness (QED) is 0.574. The first-order valence-corrected chi connectivity index (χ1v) is 6.00. The molecule has 0 aliphatic carbocycles. The molecule has 0 unspecified atom stereocenters. The van der Waals surface area contributed by atoms with Gasteiger partial charge in [0.1, 0.15) is 0 Å². The Morgan fingerprint density at radius 1 is 1.58 bits per heavy atom. The van der Waals surface area contributed by atoms with E-state index in [1.807, 2.05) is 0 Å². The number of thioether (sulfide) groups is 1. The number of halogens is 1. The van der Waals surface area contributed by atoms with E-state index in [9.17, 15) is 0 Å². The van der Waals surface area contributed by atoms with Gasteiger partial charge >= 0.3 is 0 Å². The lowest BCUT2D eigenvalue weighted by Gasteiger charge is -2.03. The third kappa shape index (κ3) is 2.39. The van der Waals surface area contributed by atoms with Gasteiger partial charge in [-0.05, 0) is 29.5 Å². The lowest BCUT2D eigenvalue weighted by molar-refractivity contribution is 1.43. The smallest absolute Gasteiger partial charge is 0.0283 e. The van der Waals surface area contributed by atoms with E-state index in [-0.39, 0.29) is 0 Å². The molecule has 0 spiro atoms. The second kappa shape index (κ2) is 4.73. The first-order chi connectivity index (χ1) is 5.77. The first-order valence-electron chi connectivity index (χ1n) is 3.66. The maximum absolute atomic E-state index is 3.96. The number of alkyl halides is 1. The second-order valence-electron chi connectivity index (χ2n) is 2.47. The van der Waals surface area contributed by atoms with Gasteiger partial charge in [-0.15, -0.1) is 11.8 Å². The third-order valence-electron chi connectivity index (χ3n) is 1.64. The van der Waals surface area contributed by atoms with E-state index in [2.05, 4.69) is 53.0 Å². The van der Waals surface area contributed by atoms with Gasteiger partial charge in [0.2, 0.25) is 0 Å². The topological polar surface area (TPSA) is 0 Å². The predicted octanol–water partition coefficient (Wildman–Crippen LogP) is 3.82. The van der Waals surface area contributed by atoms with Crippen molar-refractivity contribution in [2.24, 2.45) is 0 Å². The summed E-state index contributed by atoms with van der Waals surface area (Å²) in [7, 11) is 0. The molecule has 12 heavy (non-hydrogen) atoms. The highest BCUT2D eigenvalue weighted by Crippen LogP contribution is 2.21. The zero-order valence-electron chi connectivity index (χ0n) is 7.01. The van der Waals surface area contributed by atoms with E-state index in [0.717, 1.165) is 10.9 Å². The number of benzene rings is 1. The zero-order chi connectivity index (χ0) is 8.97. The Kier molecular flexibility index (Phi) is 3.89. The minimum Gasteiger partial charge on any atom is -0.130 e. The van der Waals surface area contributed by atoms with Crippen molar-refractivity contribution in [1.82, 2.24) is 0 Å². The molecule has 1 rings (SSSR count). The first kappa shape index (κ1) is 9.87. The van der Waals surface area contributed by atoms with Crippen molar-refractivity contribution < 1.29 is 0 Å². The van der Waals surface area contributed by atoms with E-state index < -0.39 is 0 Å². The van der Waals surface area contributed by atoms with Crippen LogP contribution in [0.4, 0.5) is 0 Å². The molecule has 1 aromatic rings. The fourth-order valence-electron chi connectivity index (χ4n) is 0.920. The minimum absolute atomic E-state index is 0.838. The molecule has 64 valence electrons. The molecule has 0 aliphatic heterocycles. The van der Waals surface area contributed by atoms with Crippen molar-refractivity contribution in [2.75, 3.05) is 11.6 Å². The normalized spacial score (nSPS) is 9.83. The monoisotopic (exact) mass is 242 g/mol. The van der Waals surface area contributed by atoms with Crippen LogP contribution in [0.15, 0.2) is 35.7 Å². The van der Waals surface area contributed by atoms with Crippen LogP contribution in [0.1, 0.15) is 5.56 Å². The molecule has 0 radical (unpaired) electrons. The fraction of sp³-hybridized carbons (Fsp3) is 0.200. The average Bonchev–Trinajstić information content (AvgIpc) is 2.17. The van der Waals surface area contributed by atoms with Crippen LogP contribution in [0.5, 0.6) is 0 Å². The van der Waals surface area contributed by atoms with E-state index in [0.29, 0.717) is 0 Å². The van der Waals surface area contributed by atoms with Gasteiger partial charge in [0.05, 0.1) is 0 Å². The molecule has 1 aromatic carbocycles. The highest BCUT2D eigenvalue weighted by atomic mass is 79.9. The SMILES string of the molecule is C=C(CBr)c1cccc(SC)c1. The van der Waals surface area contributed by atoms with Gasteiger partial charge in [-0.25, -0.2) is 0 Å². The molecular weight excluding hydrogens is 232 g/mol. The molecule has 2 heteroatoms. The predicted molar refractivity (Wildman–Crippen MR) is 61.1 cm³/mol.